The van der Waals surface area contributed by atoms with Crippen LogP contribution >= 0.6 is 23.7 Å². The number of aromatic nitrogens is 2. The molecule has 0 fully saturated rings. The molecule has 0 amide bonds. The van der Waals surface area contributed by atoms with E-state index in [2.05, 4.69) is 52.5 Å². The number of thiophene rings is 1. The van der Waals surface area contributed by atoms with E-state index in [0.29, 0.717) is 0 Å². The van der Waals surface area contributed by atoms with Crippen molar-refractivity contribution in [3.05, 3.63) is 52.7 Å². The van der Waals surface area contributed by atoms with E-state index < -0.39 is 0 Å². The van der Waals surface area contributed by atoms with Crippen LogP contribution in [0.5, 0.6) is 0 Å². The van der Waals surface area contributed by atoms with E-state index in [-0.39, 0.29) is 12.4 Å². The highest BCUT2D eigenvalue weighted by Gasteiger charge is 2.09. The molecule has 0 unspecified atom stereocenters. The molecule has 1 N–H and O–H groups in total. The number of nitrogens with one attached hydrogen (secondary N) is 1. The molecule has 0 spiro atoms. The standard InChI is InChI=1S/C16H17N3S.ClH/c1-3-13-9-14-15(18-11(2)19-16(14)20-13)17-10-12-7-5-4-6-8-12;/h4-9H,3,10H2,1-2H3,(H,17,18,19);1H. The molecule has 0 bridgehead atoms. The van der Waals surface area contributed by atoms with Gasteiger partial charge in [0.1, 0.15) is 16.5 Å². The van der Waals surface area contributed by atoms with Crippen molar-refractivity contribution >= 4 is 39.8 Å². The number of halogens is 1. The first-order valence-electron chi connectivity index (χ1n) is 6.81. The van der Waals surface area contributed by atoms with Crippen LogP contribution in [0, 0.1) is 6.92 Å². The lowest BCUT2D eigenvalue weighted by molar-refractivity contribution is 1.06. The van der Waals surface area contributed by atoms with Crippen LogP contribution < -0.4 is 5.32 Å². The molecule has 110 valence electrons. The molecule has 5 heteroatoms. The maximum atomic E-state index is 4.55. The molecular weight excluding hydrogens is 302 g/mol. The maximum Gasteiger partial charge on any atom is 0.138 e. The summed E-state index contributed by atoms with van der Waals surface area (Å²) < 4.78 is 0. The van der Waals surface area contributed by atoms with E-state index in [9.17, 15) is 0 Å². The fourth-order valence-corrected chi connectivity index (χ4v) is 3.18. The summed E-state index contributed by atoms with van der Waals surface area (Å²) in [6.45, 7) is 4.89. The highest BCUT2D eigenvalue weighted by molar-refractivity contribution is 7.18. The SMILES string of the molecule is CCc1cc2c(NCc3ccccc3)nc(C)nc2s1.Cl. The number of fused-ring (bicyclic) bond motifs is 1. The lowest BCUT2D eigenvalue weighted by Crippen LogP contribution is -2.03. The molecule has 0 aliphatic heterocycles. The molecule has 0 atom stereocenters. The lowest BCUT2D eigenvalue weighted by Gasteiger charge is -2.07. The Morgan fingerprint density at radius 1 is 1.14 bits per heavy atom. The molecule has 3 aromatic rings. The van der Waals surface area contributed by atoms with Crippen molar-refractivity contribution in [2.24, 2.45) is 0 Å². The van der Waals surface area contributed by atoms with Crippen LogP contribution in [0.2, 0.25) is 0 Å². The summed E-state index contributed by atoms with van der Waals surface area (Å²) in [7, 11) is 0. The third kappa shape index (κ3) is 3.52. The van der Waals surface area contributed by atoms with Gasteiger partial charge in [-0.3, -0.25) is 0 Å². The van der Waals surface area contributed by atoms with Crippen molar-refractivity contribution in [3.63, 3.8) is 0 Å². The Kier molecular flexibility index (Phi) is 5.15. The molecular formula is C16H18ClN3S. The van der Waals surface area contributed by atoms with Gasteiger partial charge in [0.05, 0.1) is 5.39 Å². The Bertz CT molecular complexity index is 725. The predicted molar refractivity (Wildman–Crippen MR) is 92.5 cm³/mol. The molecule has 21 heavy (non-hydrogen) atoms. The van der Waals surface area contributed by atoms with E-state index >= 15 is 0 Å². The van der Waals surface area contributed by atoms with Gasteiger partial charge in [-0.15, -0.1) is 23.7 Å². The molecule has 3 rings (SSSR count). The highest BCUT2D eigenvalue weighted by atomic mass is 35.5. The zero-order chi connectivity index (χ0) is 13.9. The van der Waals surface area contributed by atoms with Crippen molar-refractivity contribution in [2.75, 3.05) is 5.32 Å². The molecule has 0 aliphatic rings. The molecule has 0 saturated heterocycles. The zero-order valence-electron chi connectivity index (χ0n) is 12.1. The molecule has 2 aromatic heterocycles. The second-order valence-corrected chi connectivity index (χ2v) is 5.86. The van der Waals surface area contributed by atoms with Crippen molar-refractivity contribution in [2.45, 2.75) is 26.8 Å². The van der Waals surface area contributed by atoms with Crippen LogP contribution in [0.1, 0.15) is 23.2 Å². The summed E-state index contributed by atoms with van der Waals surface area (Å²) in [5.74, 6) is 1.75. The van der Waals surface area contributed by atoms with E-state index in [4.69, 9.17) is 0 Å². The Labute approximate surface area is 134 Å². The Hall–Kier alpha value is -1.65. The maximum absolute atomic E-state index is 4.55. The van der Waals surface area contributed by atoms with Crippen molar-refractivity contribution in [1.29, 1.82) is 0 Å². The predicted octanol–water partition coefficient (Wildman–Crippen LogP) is 4.60. The first kappa shape index (κ1) is 15.7. The minimum atomic E-state index is 0. The number of nitrogens with zero attached hydrogens (tertiary/aromatic N) is 2. The number of hydrogen-bond acceptors (Lipinski definition) is 4. The summed E-state index contributed by atoms with van der Waals surface area (Å²) in [5, 5.41) is 4.57. The van der Waals surface area contributed by atoms with Crippen LogP contribution in [-0.2, 0) is 13.0 Å². The summed E-state index contributed by atoms with van der Waals surface area (Å²) in [6, 6.07) is 12.6. The number of hydrogen-bond donors (Lipinski definition) is 1. The van der Waals surface area contributed by atoms with Gasteiger partial charge in [0, 0.05) is 11.4 Å². The Balaban J connectivity index is 0.00000161. The van der Waals surface area contributed by atoms with Crippen LogP contribution in [0.25, 0.3) is 10.2 Å². The summed E-state index contributed by atoms with van der Waals surface area (Å²) >= 11 is 1.76. The third-order valence-corrected chi connectivity index (χ3v) is 4.38. The minimum Gasteiger partial charge on any atom is -0.365 e. The molecule has 0 aliphatic carbocycles. The fourth-order valence-electron chi connectivity index (χ4n) is 2.17. The average Bonchev–Trinajstić information content (AvgIpc) is 2.88. The van der Waals surface area contributed by atoms with Crippen molar-refractivity contribution in [3.8, 4) is 0 Å². The van der Waals surface area contributed by atoms with Gasteiger partial charge in [0.2, 0.25) is 0 Å². The monoisotopic (exact) mass is 319 g/mol. The molecule has 1 aromatic carbocycles. The highest BCUT2D eigenvalue weighted by Crippen LogP contribution is 2.29. The normalized spacial score (nSPS) is 10.4. The molecule has 3 nitrogen and oxygen atoms in total. The average molecular weight is 320 g/mol. The fraction of sp³-hybridized carbons (Fsp3) is 0.250. The van der Waals surface area contributed by atoms with Crippen LogP contribution in [-0.4, -0.2) is 9.97 Å². The van der Waals surface area contributed by atoms with E-state index in [1.165, 1.54) is 10.4 Å². The lowest BCUT2D eigenvalue weighted by atomic mass is 10.2. The van der Waals surface area contributed by atoms with Crippen LogP contribution in [0.4, 0.5) is 5.82 Å². The molecule has 0 saturated carbocycles. The van der Waals surface area contributed by atoms with Crippen LogP contribution in [0.15, 0.2) is 36.4 Å². The van der Waals surface area contributed by atoms with Gasteiger partial charge >= 0.3 is 0 Å². The van der Waals surface area contributed by atoms with Gasteiger partial charge < -0.3 is 5.32 Å². The second kappa shape index (κ2) is 6.87. The number of benzene rings is 1. The molecule has 2 heterocycles. The van der Waals surface area contributed by atoms with Gasteiger partial charge in [-0.05, 0) is 25.0 Å². The number of anilines is 1. The largest absolute Gasteiger partial charge is 0.365 e. The minimum absolute atomic E-state index is 0. The molecule has 0 radical (unpaired) electrons. The van der Waals surface area contributed by atoms with Gasteiger partial charge in [-0.1, -0.05) is 37.3 Å². The van der Waals surface area contributed by atoms with E-state index in [0.717, 1.165) is 34.8 Å². The van der Waals surface area contributed by atoms with E-state index in [1.54, 1.807) is 11.3 Å². The number of aryl methyl sites for hydroxylation is 2. The quantitative estimate of drug-likeness (QED) is 0.764. The first-order chi connectivity index (χ1) is 9.76. The second-order valence-electron chi connectivity index (χ2n) is 4.74. The summed E-state index contributed by atoms with van der Waals surface area (Å²) in [6.07, 6.45) is 1.04. The summed E-state index contributed by atoms with van der Waals surface area (Å²) in [4.78, 5) is 11.5. The van der Waals surface area contributed by atoms with Gasteiger partial charge in [0.15, 0.2) is 0 Å². The first-order valence-corrected chi connectivity index (χ1v) is 7.62. The Morgan fingerprint density at radius 3 is 2.62 bits per heavy atom. The van der Waals surface area contributed by atoms with Gasteiger partial charge in [-0.2, -0.15) is 0 Å². The topological polar surface area (TPSA) is 37.8 Å². The summed E-state index contributed by atoms with van der Waals surface area (Å²) in [5.41, 5.74) is 1.25. The van der Waals surface area contributed by atoms with Crippen LogP contribution in [0.3, 0.4) is 0 Å². The smallest absolute Gasteiger partial charge is 0.138 e. The van der Waals surface area contributed by atoms with Crippen molar-refractivity contribution < 1.29 is 0 Å². The Morgan fingerprint density at radius 2 is 1.90 bits per heavy atom. The van der Waals surface area contributed by atoms with E-state index in [1.807, 2.05) is 13.0 Å². The number of rotatable bonds is 4. The zero-order valence-corrected chi connectivity index (χ0v) is 13.7. The third-order valence-electron chi connectivity index (χ3n) is 3.21. The van der Waals surface area contributed by atoms with Crippen molar-refractivity contribution in [1.82, 2.24) is 9.97 Å². The van der Waals surface area contributed by atoms with Gasteiger partial charge in [0.25, 0.3) is 0 Å². The van der Waals surface area contributed by atoms with Gasteiger partial charge in [-0.25, -0.2) is 9.97 Å².